The van der Waals surface area contributed by atoms with Crippen LogP contribution < -0.4 is 10.5 Å². The van der Waals surface area contributed by atoms with Crippen LogP contribution in [0.5, 0.6) is 11.6 Å². The van der Waals surface area contributed by atoms with Gasteiger partial charge in [0.2, 0.25) is 5.88 Å². The molecule has 0 unspecified atom stereocenters. The van der Waals surface area contributed by atoms with Crippen molar-refractivity contribution in [3.8, 4) is 11.6 Å². The molecule has 0 aromatic carbocycles. The highest BCUT2D eigenvalue weighted by molar-refractivity contribution is 5.97. The van der Waals surface area contributed by atoms with Gasteiger partial charge >= 0.3 is 0 Å². The molecule has 2 rings (SSSR count). The van der Waals surface area contributed by atoms with Crippen molar-refractivity contribution >= 4 is 5.84 Å². The van der Waals surface area contributed by atoms with Gasteiger partial charge in [0, 0.05) is 23.9 Å². The first kappa shape index (κ1) is 12.9. The van der Waals surface area contributed by atoms with Crippen molar-refractivity contribution < 1.29 is 9.94 Å². The molecule has 19 heavy (non-hydrogen) atoms. The first-order chi connectivity index (χ1) is 9.12. The fourth-order valence-electron chi connectivity index (χ4n) is 1.59. The number of oxime groups is 1. The Morgan fingerprint density at radius 1 is 1.53 bits per heavy atom. The maximum Gasteiger partial charge on any atom is 0.220 e. The minimum atomic E-state index is 0.0135. The zero-order valence-electron chi connectivity index (χ0n) is 10.7. The van der Waals surface area contributed by atoms with E-state index in [0.717, 1.165) is 6.54 Å². The molecule has 0 fully saturated rings. The third-order valence-corrected chi connectivity index (χ3v) is 2.49. The third-order valence-electron chi connectivity index (χ3n) is 2.49. The lowest BCUT2D eigenvalue weighted by molar-refractivity contribution is 0.318. The van der Waals surface area contributed by atoms with E-state index in [4.69, 9.17) is 15.7 Å². The van der Waals surface area contributed by atoms with Gasteiger partial charge in [-0.2, -0.15) is 5.10 Å². The molecule has 0 radical (unpaired) electrons. The van der Waals surface area contributed by atoms with E-state index in [1.165, 1.54) is 0 Å². The Bertz CT molecular complexity index is 606. The van der Waals surface area contributed by atoms with E-state index in [1.807, 2.05) is 6.92 Å². The summed E-state index contributed by atoms with van der Waals surface area (Å²) in [5, 5.41) is 15.7. The number of hydrogen-bond acceptors (Lipinski definition) is 5. The molecule has 0 atom stereocenters. The van der Waals surface area contributed by atoms with Gasteiger partial charge in [-0.15, -0.1) is 0 Å². The number of amidine groups is 1. The number of hydrogen-bond donors (Lipinski definition) is 2. The summed E-state index contributed by atoms with van der Waals surface area (Å²) in [6.45, 7) is 4.55. The van der Waals surface area contributed by atoms with Crippen LogP contribution in [0.2, 0.25) is 0 Å². The fourth-order valence-corrected chi connectivity index (χ4v) is 1.59. The molecule has 3 N–H and O–H groups in total. The van der Waals surface area contributed by atoms with Gasteiger partial charge in [-0.3, -0.25) is 4.68 Å². The van der Waals surface area contributed by atoms with E-state index in [9.17, 15) is 0 Å². The van der Waals surface area contributed by atoms with Crippen molar-refractivity contribution in [1.29, 1.82) is 0 Å². The summed E-state index contributed by atoms with van der Waals surface area (Å²) in [6, 6.07) is 3.31. The molecule has 0 amide bonds. The molecule has 100 valence electrons. The van der Waals surface area contributed by atoms with E-state index < -0.39 is 0 Å². The van der Waals surface area contributed by atoms with Gasteiger partial charge in [0.05, 0.1) is 12.4 Å². The fraction of sp³-hybridized carbons (Fsp3) is 0.250. The number of aryl methyl sites for hydroxylation is 2. The van der Waals surface area contributed by atoms with E-state index in [1.54, 1.807) is 36.1 Å². The average molecular weight is 261 g/mol. The van der Waals surface area contributed by atoms with Crippen LogP contribution in [0, 0.1) is 6.92 Å². The van der Waals surface area contributed by atoms with Gasteiger partial charge in [0.25, 0.3) is 0 Å². The predicted molar refractivity (Wildman–Crippen MR) is 69.5 cm³/mol. The van der Waals surface area contributed by atoms with Crippen LogP contribution in [0.15, 0.2) is 29.7 Å². The van der Waals surface area contributed by atoms with Gasteiger partial charge in [-0.25, -0.2) is 4.98 Å². The molecule has 0 saturated carbocycles. The summed E-state index contributed by atoms with van der Waals surface area (Å²) in [4.78, 5) is 4.23. The first-order valence-corrected chi connectivity index (χ1v) is 5.79. The van der Waals surface area contributed by atoms with Crippen LogP contribution in [0.1, 0.15) is 18.2 Å². The van der Waals surface area contributed by atoms with Gasteiger partial charge in [-0.05, 0) is 19.9 Å². The molecule has 7 nitrogen and oxygen atoms in total. The number of nitrogens with zero attached hydrogens (tertiary/aromatic N) is 4. The second-order valence-electron chi connectivity index (χ2n) is 3.95. The summed E-state index contributed by atoms with van der Waals surface area (Å²) in [5.74, 6) is 0.974. The maximum absolute atomic E-state index is 8.68. The molecule has 0 aliphatic heterocycles. The molecular formula is C12H15N5O2. The molecular weight excluding hydrogens is 246 g/mol. The Balaban J connectivity index is 2.27. The highest BCUT2D eigenvalue weighted by Crippen LogP contribution is 2.20. The minimum Gasteiger partial charge on any atom is -0.436 e. The van der Waals surface area contributed by atoms with E-state index >= 15 is 0 Å². The average Bonchev–Trinajstić information content (AvgIpc) is 2.84. The second kappa shape index (κ2) is 5.38. The highest BCUT2D eigenvalue weighted by atomic mass is 16.5. The Labute approximate surface area is 110 Å². The molecule has 0 aliphatic rings. The molecule has 0 aliphatic carbocycles. The minimum absolute atomic E-state index is 0.0135. The van der Waals surface area contributed by atoms with Gasteiger partial charge in [-0.1, -0.05) is 5.16 Å². The van der Waals surface area contributed by atoms with Crippen LogP contribution in [0.25, 0.3) is 0 Å². The second-order valence-corrected chi connectivity index (χ2v) is 3.95. The number of rotatable bonds is 4. The zero-order valence-corrected chi connectivity index (χ0v) is 10.7. The quantitative estimate of drug-likeness (QED) is 0.376. The lowest BCUT2D eigenvalue weighted by atomic mass is 10.2. The maximum atomic E-state index is 8.68. The monoisotopic (exact) mass is 261 g/mol. The summed E-state index contributed by atoms with van der Waals surface area (Å²) < 4.78 is 7.34. The largest absolute Gasteiger partial charge is 0.436 e. The van der Waals surface area contributed by atoms with Crippen molar-refractivity contribution in [3.05, 3.63) is 35.8 Å². The third kappa shape index (κ3) is 3.01. The topological polar surface area (TPSA) is 98.5 Å². The number of aromatic nitrogens is 3. The Hall–Kier alpha value is -2.57. The summed E-state index contributed by atoms with van der Waals surface area (Å²) in [7, 11) is 0. The zero-order chi connectivity index (χ0) is 13.8. The van der Waals surface area contributed by atoms with Crippen molar-refractivity contribution in [2.24, 2.45) is 10.9 Å². The predicted octanol–water partition coefficient (Wildman–Crippen LogP) is 1.49. The van der Waals surface area contributed by atoms with Crippen molar-refractivity contribution in [2.75, 3.05) is 0 Å². The van der Waals surface area contributed by atoms with Crippen LogP contribution in [0.3, 0.4) is 0 Å². The number of nitrogens with two attached hydrogens (primary N) is 1. The highest BCUT2D eigenvalue weighted by Gasteiger charge is 2.07. The van der Waals surface area contributed by atoms with Crippen LogP contribution in [-0.4, -0.2) is 25.8 Å². The normalized spacial score (nSPS) is 11.6. The van der Waals surface area contributed by atoms with E-state index in [0.29, 0.717) is 22.9 Å². The van der Waals surface area contributed by atoms with Gasteiger partial charge in [0.1, 0.15) is 0 Å². The van der Waals surface area contributed by atoms with Crippen LogP contribution in [-0.2, 0) is 6.54 Å². The summed E-state index contributed by atoms with van der Waals surface area (Å²) >= 11 is 0. The smallest absolute Gasteiger partial charge is 0.220 e. The lowest BCUT2D eigenvalue weighted by Crippen LogP contribution is -2.13. The Morgan fingerprint density at radius 2 is 2.32 bits per heavy atom. The molecule has 2 aromatic rings. The molecule has 7 heteroatoms. The van der Waals surface area contributed by atoms with Gasteiger partial charge in [0.15, 0.2) is 11.6 Å². The Kier molecular flexibility index (Phi) is 3.65. The number of ether oxygens (including phenoxy) is 1. The van der Waals surface area contributed by atoms with E-state index in [-0.39, 0.29) is 5.84 Å². The lowest BCUT2D eigenvalue weighted by Gasteiger charge is -2.06. The van der Waals surface area contributed by atoms with Crippen molar-refractivity contribution in [2.45, 2.75) is 20.4 Å². The number of pyridine rings is 1. The summed E-state index contributed by atoms with van der Waals surface area (Å²) in [6.07, 6.45) is 3.38. The van der Waals surface area contributed by atoms with Crippen molar-refractivity contribution in [3.63, 3.8) is 0 Å². The standard InChI is InChI=1S/C12H15N5O2/c1-3-17-7-10(6-14-17)19-11-5-9(12(13)16-18)4-8(2)15-11/h4-7,18H,3H2,1-2H3,(H2,13,16). The SMILES string of the molecule is CCn1cc(Oc2cc(/C(N)=N/O)cc(C)n2)cn1. The van der Waals surface area contributed by atoms with Gasteiger partial charge < -0.3 is 15.7 Å². The first-order valence-electron chi connectivity index (χ1n) is 5.79. The molecule has 2 heterocycles. The van der Waals surface area contributed by atoms with Crippen LogP contribution in [0.4, 0.5) is 0 Å². The molecule has 0 saturated heterocycles. The summed E-state index contributed by atoms with van der Waals surface area (Å²) in [5.41, 5.74) is 6.81. The molecule has 0 spiro atoms. The molecule has 0 bridgehead atoms. The van der Waals surface area contributed by atoms with Crippen molar-refractivity contribution in [1.82, 2.24) is 14.8 Å². The Morgan fingerprint density at radius 3 is 2.95 bits per heavy atom. The van der Waals surface area contributed by atoms with Crippen LogP contribution >= 0.6 is 0 Å². The van der Waals surface area contributed by atoms with E-state index in [2.05, 4.69) is 15.2 Å². The molecule has 2 aromatic heterocycles.